The van der Waals surface area contributed by atoms with Gasteiger partial charge in [-0.25, -0.2) is 4.98 Å². The van der Waals surface area contributed by atoms with Crippen molar-refractivity contribution in [2.75, 3.05) is 6.54 Å². The molecule has 0 radical (unpaired) electrons. The van der Waals surface area contributed by atoms with E-state index in [0.717, 1.165) is 5.52 Å². The van der Waals surface area contributed by atoms with Crippen molar-refractivity contribution in [3.8, 4) is 17.1 Å². The van der Waals surface area contributed by atoms with Crippen LogP contribution in [0.4, 0.5) is 13.2 Å². The molecule has 8 heteroatoms. The van der Waals surface area contributed by atoms with Gasteiger partial charge in [-0.05, 0) is 36.4 Å². The van der Waals surface area contributed by atoms with Gasteiger partial charge >= 0.3 is 6.36 Å². The number of nitrogens with zero attached hydrogens (tertiary/aromatic N) is 2. The number of benzene rings is 2. The van der Waals surface area contributed by atoms with E-state index in [4.69, 9.17) is 0 Å². The second-order valence-corrected chi connectivity index (χ2v) is 5.59. The van der Waals surface area contributed by atoms with E-state index in [9.17, 15) is 18.0 Å². The van der Waals surface area contributed by atoms with Crippen LogP contribution >= 0.6 is 0 Å². The molecule has 0 saturated heterocycles. The summed E-state index contributed by atoms with van der Waals surface area (Å²) in [5.41, 5.74) is 2.57. The lowest BCUT2D eigenvalue weighted by Gasteiger charge is -2.10. The summed E-state index contributed by atoms with van der Waals surface area (Å²) in [6.45, 7) is 0.969. The van der Waals surface area contributed by atoms with E-state index >= 15 is 0 Å². The van der Waals surface area contributed by atoms with Gasteiger partial charge in [0.15, 0.2) is 0 Å². The van der Waals surface area contributed by atoms with Crippen molar-refractivity contribution in [3.63, 3.8) is 0 Å². The Morgan fingerprint density at radius 2 is 1.88 bits per heavy atom. The summed E-state index contributed by atoms with van der Waals surface area (Å²) in [4.78, 5) is 16.7. The van der Waals surface area contributed by atoms with Crippen LogP contribution in [0.3, 0.4) is 0 Å². The number of para-hydroxylation sites is 1. The highest BCUT2D eigenvalue weighted by Crippen LogP contribution is 2.30. The lowest BCUT2D eigenvalue weighted by atomic mass is 10.1. The van der Waals surface area contributed by atoms with Crippen LogP contribution in [0.15, 0.2) is 42.5 Å². The average molecular weight is 347 g/mol. The molecule has 1 aromatic heterocycles. The van der Waals surface area contributed by atoms with E-state index in [1.54, 1.807) is 18.2 Å². The SMILES string of the molecule is O=C1NCCn2c(-c3ccc(OC(F)(F)F)cc3)nc3cccc1c32. The van der Waals surface area contributed by atoms with Gasteiger partial charge < -0.3 is 14.6 Å². The molecule has 25 heavy (non-hydrogen) atoms. The minimum atomic E-state index is -4.73. The molecule has 5 nitrogen and oxygen atoms in total. The predicted octanol–water partition coefficient (Wildman–Crippen LogP) is 3.35. The quantitative estimate of drug-likeness (QED) is 0.774. The van der Waals surface area contributed by atoms with Crippen molar-refractivity contribution in [3.05, 3.63) is 48.0 Å². The minimum Gasteiger partial charge on any atom is -0.406 e. The fourth-order valence-corrected chi connectivity index (χ4v) is 2.99. The molecule has 0 aliphatic carbocycles. The molecule has 4 rings (SSSR count). The van der Waals surface area contributed by atoms with Crippen molar-refractivity contribution in [1.82, 2.24) is 14.9 Å². The van der Waals surface area contributed by atoms with Gasteiger partial charge in [-0.1, -0.05) is 6.07 Å². The van der Waals surface area contributed by atoms with Crippen LogP contribution in [0.1, 0.15) is 10.4 Å². The smallest absolute Gasteiger partial charge is 0.406 e. The maximum atomic E-state index is 12.3. The predicted molar refractivity (Wildman–Crippen MR) is 84.2 cm³/mol. The Balaban J connectivity index is 1.81. The number of hydrogen-bond acceptors (Lipinski definition) is 3. The molecule has 0 atom stereocenters. The molecule has 1 aliphatic heterocycles. The highest BCUT2D eigenvalue weighted by Gasteiger charge is 2.31. The van der Waals surface area contributed by atoms with E-state index in [-0.39, 0.29) is 11.7 Å². The zero-order chi connectivity index (χ0) is 17.6. The minimum absolute atomic E-state index is 0.162. The maximum Gasteiger partial charge on any atom is 0.573 e. The lowest BCUT2D eigenvalue weighted by molar-refractivity contribution is -0.274. The Hall–Kier alpha value is -3.03. The fourth-order valence-electron chi connectivity index (χ4n) is 2.99. The third kappa shape index (κ3) is 2.79. The van der Waals surface area contributed by atoms with Crippen molar-refractivity contribution >= 4 is 16.9 Å². The molecule has 2 heterocycles. The molecule has 1 N–H and O–H groups in total. The number of halogens is 3. The number of imidazole rings is 1. The third-order valence-corrected chi connectivity index (χ3v) is 3.98. The molecule has 1 amide bonds. The van der Waals surface area contributed by atoms with Gasteiger partial charge in [-0.15, -0.1) is 13.2 Å². The first kappa shape index (κ1) is 15.5. The topological polar surface area (TPSA) is 56.2 Å². The molecular formula is C17H12F3N3O2. The van der Waals surface area contributed by atoms with Crippen LogP contribution in [0.5, 0.6) is 5.75 Å². The molecule has 1 aliphatic rings. The molecule has 0 unspecified atom stereocenters. The first-order valence-corrected chi connectivity index (χ1v) is 7.56. The van der Waals surface area contributed by atoms with E-state index < -0.39 is 6.36 Å². The Kier molecular flexibility index (Phi) is 3.41. The van der Waals surface area contributed by atoms with Gasteiger partial charge in [0.1, 0.15) is 11.6 Å². The van der Waals surface area contributed by atoms with Gasteiger partial charge in [-0.2, -0.15) is 0 Å². The Morgan fingerprint density at radius 1 is 1.12 bits per heavy atom. The molecule has 2 aromatic carbocycles. The average Bonchev–Trinajstić information content (AvgIpc) is 2.83. The van der Waals surface area contributed by atoms with Crippen molar-refractivity contribution in [2.24, 2.45) is 0 Å². The number of nitrogens with one attached hydrogen (secondary N) is 1. The third-order valence-electron chi connectivity index (χ3n) is 3.98. The highest BCUT2D eigenvalue weighted by molar-refractivity contribution is 6.06. The molecule has 0 spiro atoms. The summed E-state index contributed by atoms with van der Waals surface area (Å²) in [6.07, 6.45) is -4.73. The van der Waals surface area contributed by atoms with E-state index in [2.05, 4.69) is 15.0 Å². The summed E-state index contributed by atoms with van der Waals surface area (Å²) in [7, 11) is 0. The summed E-state index contributed by atoms with van der Waals surface area (Å²) < 4.78 is 42.6. The molecular weight excluding hydrogens is 335 g/mol. The molecule has 3 aromatic rings. The van der Waals surface area contributed by atoms with Crippen LogP contribution in [-0.2, 0) is 6.54 Å². The number of carbonyl (C=O) groups excluding carboxylic acids is 1. The van der Waals surface area contributed by atoms with Crippen molar-refractivity contribution in [2.45, 2.75) is 12.9 Å². The summed E-state index contributed by atoms with van der Waals surface area (Å²) in [5.74, 6) is 0.142. The summed E-state index contributed by atoms with van der Waals surface area (Å²) >= 11 is 0. The number of carbonyl (C=O) groups is 1. The highest BCUT2D eigenvalue weighted by atomic mass is 19.4. The molecule has 128 valence electrons. The van der Waals surface area contributed by atoms with Gasteiger partial charge in [0.25, 0.3) is 5.91 Å². The van der Waals surface area contributed by atoms with Crippen molar-refractivity contribution < 1.29 is 22.7 Å². The van der Waals surface area contributed by atoms with E-state index in [0.29, 0.717) is 35.6 Å². The van der Waals surface area contributed by atoms with Crippen LogP contribution in [-0.4, -0.2) is 28.4 Å². The molecule has 0 saturated carbocycles. The van der Waals surface area contributed by atoms with Crippen LogP contribution in [0, 0.1) is 0 Å². The van der Waals surface area contributed by atoms with Crippen LogP contribution in [0.25, 0.3) is 22.4 Å². The fraction of sp³-hybridized carbons (Fsp3) is 0.176. The summed E-state index contributed by atoms with van der Waals surface area (Å²) in [5, 5.41) is 2.82. The number of alkyl halides is 3. The monoisotopic (exact) mass is 347 g/mol. The largest absolute Gasteiger partial charge is 0.573 e. The van der Waals surface area contributed by atoms with Crippen LogP contribution in [0.2, 0.25) is 0 Å². The maximum absolute atomic E-state index is 12.3. The number of rotatable bonds is 2. The second-order valence-electron chi connectivity index (χ2n) is 5.59. The zero-order valence-corrected chi connectivity index (χ0v) is 12.8. The van der Waals surface area contributed by atoms with Crippen LogP contribution < -0.4 is 10.1 Å². The van der Waals surface area contributed by atoms with Gasteiger partial charge in [0.05, 0.1) is 16.6 Å². The van der Waals surface area contributed by atoms with E-state index in [1.807, 2.05) is 4.57 Å². The Labute approximate surface area is 140 Å². The molecule has 0 bridgehead atoms. The molecule has 0 fully saturated rings. The normalized spacial score (nSPS) is 14.3. The number of aromatic nitrogens is 2. The zero-order valence-electron chi connectivity index (χ0n) is 12.8. The first-order valence-electron chi connectivity index (χ1n) is 7.56. The number of ether oxygens (including phenoxy) is 1. The van der Waals surface area contributed by atoms with Gasteiger partial charge in [0, 0.05) is 18.7 Å². The number of hydrogen-bond donors (Lipinski definition) is 1. The Morgan fingerprint density at radius 3 is 2.60 bits per heavy atom. The van der Waals surface area contributed by atoms with Gasteiger partial charge in [-0.3, -0.25) is 4.79 Å². The van der Waals surface area contributed by atoms with Crippen molar-refractivity contribution in [1.29, 1.82) is 0 Å². The number of amides is 1. The first-order chi connectivity index (χ1) is 11.9. The second kappa shape index (κ2) is 5.51. The Bertz CT molecular complexity index is 962. The van der Waals surface area contributed by atoms with Gasteiger partial charge in [0.2, 0.25) is 0 Å². The standard InChI is InChI=1S/C17H12F3N3O2/c18-17(19,20)25-11-6-4-10(5-7-11)15-22-13-3-1-2-12-14(13)23(15)9-8-21-16(12)24/h1-7H,8-9H2,(H,21,24). The summed E-state index contributed by atoms with van der Waals surface area (Å²) in [6, 6.07) is 10.8. The van der Waals surface area contributed by atoms with E-state index in [1.165, 1.54) is 24.3 Å². The lowest BCUT2D eigenvalue weighted by Crippen LogP contribution is -2.24.